The smallest absolute Gasteiger partial charge is 0.323 e. The van der Waals surface area contributed by atoms with Crippen LogP contribution in [0.2, 0.25) is 0 Å². The lowest BCUT2D eigenvalue weighted by Crippen LogP contribution is -2.30. The number of carbonyl (C=O) groups excluding carboxylic acids is 1. The molecule has 1 amide bonds. The van der Waals surface area contributed by atoms with E-state index in [1.54, 1.807) is 17.8 Å². The van der Waals surface area contributed by atoms with Crippen molar-refractivity contribution in [3.8, 4) is 6.07 Å². The molecule has 0 bridgehead atoms. The van der Waals surface area contributed by atoms with Gasteiger partial charge in [-0.3, -0.25) is 9.59 Å². The zero-order chi connectivity index (χ0) is 21.0. The highest BCUT2D eigenvalue weighted by Crippen LogP contribution is 2.25. The largest absolute Gasteiger partial charge is 0.480 e. The third-order valence-corrected chi connectivity index (χ3v) is 4.96. The van der Waals surface area contributed by atoms with Crippen molar-refractivity contribution in [3.63, 3.8) is 0 Å². The molecule has 1 heterocycles. The van der Waals surface area contributed by atoms with Crippen molar-refractivity contribution < 1.29 is 14.7 Å². The van der Waals surface area contributed by atoms with Gasteiger partial charge in [0, 0.05) is 29.7 Å². The van der Waals surface area contributed by atoms with Gasteiger partial charge in [-0.25, -0.2) is 0 Å². The maximum absolute atomic E-state index is 12.9. The molecule has 0 aliphatic rings. The summed E-state index contributed by atoms with van der Waals surface area (Å²) in [6.07, 6.45) is 3.18. The molecule has 0 fully saturated rings. The number of fused-ring (bicyclic) bond motifs is 1. The molecule has 29 heavy (non-hydrogen) atoms. The lowest BCUT2D eigenvalue weighted by Gasteiger charge is -2.25. The summed E-state index contributed by atoms with van der Waals surface area (Å²) in [5.41, 5.74) is 2.33. The molecule has 0 aliphatic heterocycles. The molecule has 0 unspecified atom stereocenters. The number of hydrogen-bond acceptors (Lipinski definition) is 3. The van der Waals surface area contributed by atoms with E-state index in [2.05, 4.69) is 0 Å². The monoisotopic (exact) mass is 387 g/mol. The van der Waals surface area contributed by atoms with Gasteiger partial charge in [0.15, 0.2) is 0 Å². The number of benzene rings is 2. The maximum Gasteiger partial charge on any atom is 0.323 e. The highest BCUT2D eigenvalue weighted by molar-refractivity contribution is 6.04. The van der Waals surface area contributed by atoms with Crippen LogP contribution in [-0.2, 0) is 16.1 Å². The summed E-state index contributed by atoms with van der Waals surface area (Å²) < 4.78 is 1.60. The number of rotatable bonds is 6. The Labute approximate surface area is 168 Å². The van der Waals surface area contributed by atoms with Crippen molar-refractivity contribution in [2.45, 2.75) is 19.5 Å². The number of para-hydroxylation sites is 1. The van der Waals surface area contributed by atoms with Crippen LogP contribution < -0.4 is 0 Å². The zero-order valence-electron chi connectivity index (χ0n) is 16.2. The molecule has 3 aromatic rings. The lowest BCUT2D eigenvalue weighted by atomic mass is 10.1. The van der Waals surface area contributed by atoms with Gasteiger partial charge in [-0.05, 0) is 24.6 Å². The molecule has 6 nitrogen and oxygen atoms in total. The zero-order valence-corrected chi connectivity index (χ0v) is 16.2. The molecule has 146 valence electrons. The molecule has 1 N–H and O–H groups in total. The van der Waals surface area contributed by atoms with E-state index < -0.39 is 5.97 Å². The second-order valence-corrected chi connectivity index (χ2v) is 6.80. The van der Waals surface area contributed by atoms with Gasteiger partial charge in [0.2, 0.25) is 0 Å². The Bertz CT molecular complexity index is 1120. The maximum atomic E-state index is 12.9. The van der Waals surface area contributed by atoms with Gasteiger partial charge in [0.1, 0.15) is 18.2 Å². The molecule has 0 saturated heterocycles. The molecule has 3 rings (SSSR count). The van der Waals surface area contributed by atoms with Gasteiger partial charge in [-0.1, -0.05) is 48.5 Å². The number of nitrogens with zero attached hydrogens (tertiary/aromatic N) is 3. The summed E-state index contributed by atoms with van der Waals surface area (Å²) in [6.45, 7) is 1.70. The molecule has 2 aromatic carbocycles. The summed E-state index contributed by atoms with van der Waals surface area (Å²) in [5.74, 6) is -1.35. The second kappa shape index (κ2) is 8.44. The van der Waals surface area contributed by atoms with Gasteiger partial charge in [-0.2, -0.15) is 5.26 Å². The van der Waals surface area contributed by atoms with Gasteiger partial charge < -0.3 is 14.6 Å². The van der Waals surface area contributed by atoms with Crippen LogP contribution in [-0.4, -0.2) is 33.5 Å². The normalized spacial score (nSPS) is 12.4. The number of carboxylic acid groups (broad SMARTS) is 1. The Balaban J connectivity index is 1.97. The van der Waals surface area contributed by atoms with E-state index in [1.807, 2.05) is 67.6 Å². The van der Waals surface area contributed by atoms with Crippen molar-refractivity contribution in [2.24, 2.45) is 0 Å². The van der Waals surface area contributed by atoms with Crippen LogP contribution in [0, 0.1) is 11.3 Å². The van der Waals surface area contributed by atoms with Crippen LogP contribution in [0.25, 0.3) is 17.0 Å². The van der Waals surface area contributed by atoms with Crippen molar-refractivity contribution in [3.05, 3.63) is 77.5 Å². The molecule has 0 saturated carbocycles. The summed E-state index contributed by atoms with van der Waals surface area (Å²) in [4.78, 5) is 25.6. The van der Waals surface area contributed by atoms with Crippen molar-refractivity contribution in [1.29, 1.82) is 5.26 Å². The number of nitriles is 1. The van der Waals surface area contributed by atoms with Crippen molar-refractivity contribution in [1.82, 2.24) is 9.47 Å². The Morgan fingerprint density at radius 1 is 1.17 bits per heavy atom. The SMILES string of the molecule is C[C@H](c1ccccc1)N(C)C(=O)/C(C#N)=C/c1cn(CC(=O)O)c2ccccc12. The third-order valence-electron chi connectivity index (χ3n) is 4.96. The molecular formula is C23H21N3O3. The second-order valence-electron chi connectivity index (χ2n) is 6.80. The number of carbonyl (C=O) groups is 2. The van der Waals surface area contributed by atoms with Crippen molar-refractivity contribution in [2.75, 3.05) is 7.05 Å². The number of aliphatic carboxylic acids is 1. The minimum Gasteiger partial charge on any atom is -0.480 e. The first-order chi connectivity index (χ1) is 13.9. The fourth-order valence-electron chi connectivity index (χ4n) is 3.29. The first kappa shape index (κ1) is 19.9. The summed E-state index contributed by atoms with van der Waals surface area (Å²) in [5, 5.41) is 19.5. The summed E-state index contributed by atoms with van der Waals surface area (Å²) >= 11 is 0. The van der Waals surface area contributed by atoms with E-state index in [1.165, 1.54) is 11.0 Å². The molecule has 1 aromatic heterocycles. The highest BCUT2D eigenvalue weighted by Gasteiger charge is 2.21. The standard InChI is InChI=1S/C23H21N3O3/c1-16(17-8-4-3-5-9-17)25(2)23(29)18(13-24)12-19-14-26(15-22(27)28)21-11-7-6-10-20(19)21/h3-12,14,16H,15H2,1-2H3,(H,27,28)/b18-12+/t16-/m1/s1. The number of amides is 1. The average Bonchev–Trinajstić information content (AvgIpc) is 3.07. The van der Waals surface area contributed by atoms with Crippen LogP contribution in [0.1, 0.15) is 24.1 Å². The third kappa shape index (κ3) is 4.19. The van der Waals surface area contributed by atoms with E-state index in [9.17, 15) is 14.9 Å². The number of likely N-dealkylation sites (N-methyl/N-ethyl adjacent to an activating group) is 1. The Hall–Kier alpha value is -3.85. The first-order valence-corrected chi connectivity index (χ1v) is 9.16. The fourth-order valence-corrected chi connectivity index (χ4v) is 3.29. The predicted octanol–water partition coefficient (Wildman–Crippen LogP) is 3.85. The molecule has 0 spiro atoms. The number of aromatic nitrogens is 1. The molecule has 1 atom stereocenters. The first-order valence-electron chi connectivity index (χ1n) is 9.16. The highest BCUT2D eigenvalue weighted by atomic mass is 16.4. The predicted molar refractivity (Wildman–Crippen MR) is 111 cm³/mol. The van der Waals surface area contributed by atoms with Gasteiger partial charge in [0.25, 0.3) is 5.91 Å². The topological polar surface area (TPSA) is 86.3 Å². The van der Waals surface area contributed by atoms with E-state index in [0.29, 0.717) is 5.56 Å². The van der Waals surface area contributed by atoms with Crippen LogP contribution in [0.5, 0.6) is 0 Å². The Kier molecular flexibility index (Phi) is 5.79. The van der Waals surface area contributed by atoms with Crippen LogP contribution in [0.15, 0.2) is 66.4 Å². The average molecular weight is 387 g/mol. The molecule has 0 aliphatic carbocycles. The molecule has 0 radical (unpaired) electrons. The van der Waals surface area contributed by atoms with Crippen LogP contribution in [0.4, 0.5) is 0 Å². The van der Waals surface area contributed by atoms with Gasteiger partial charge in [-0.15, -0.1) is 0 Å². The van der Waals surface area contributed by atoms with Gasteiger partial charge in [0.05, 0.1) is 6.04 Å². The van der Waals surface area contributed by atoms with E-state index in [-0.39, 0.29) is 24.1 Å². The van der Waals surface area contributed by atoms with Crippen LogP contribution >= 0.6 is 0 Å². The van der Waals surface area contributed by atoms with E-state index >= 15 is 0 Å². The minimum atomic E-state index is -0.964. The Morgan fingerprint density at radius 3 is 2.48 bits per heavy atom. The summed E-state index contributed by atoms with van der Waals surface area (Å²) in [6, 6.07) is 18.7. The quantitative estimate of drug-likeness (QED) is 0.514. The van der Waals surface area contributed by atoms with E-state index in [4.69, 9.17) is 5.11 Å². The molecular weight excluding hydrogens is 366 g/mol. The van der Waals surface area contributed by atoms with Crippen LogP contribution in [0.3, 0.4) is 0 Å². The number of hydrogen-bond donors (Lipinski definition) is 1. The number of carboxylic acids is 1. The molecule has 6 heteroatoms. The summed E-state index contributed by atoms with van der Waals surface area (Å²) in [7, 11) is 1.67. The van der Waals surface area contributed by atoms with Crippen molar-refractivity contribution >= 4 is 28.9 Å². The van der Waals surface area contributed by atoms with E-state index in [0.717, 1.165) is 16.5 Å². The van der Waals surface area contributed by atoms with Gasteiger partial charge >= 0.3 is 5.97 Å². The lowest BCUT2D eigenvalue weighted by molar-refractivity contribution is -0.137. The minimum absolute atomic E-state index is 0.00601. The fraction of sp³-hybridized carbons (Fsp3) is 0.174. The Morgan fingerprint density at radius 2 is 1.83 bits per heavy atom.